The fourth-order valence-electron chi connectivity index (χ4n) is 3.10. The van der Waals surface area contributed by atoms with Gasteiger partial charge in [-0.3, -0.25) is 19.4 Å². The molecule has 0 bridgehead atoms. The van der Waals surface area contributed by atoms with Gasteiger partial charge in [0.2, 0.25) is 5.91 Å². The second-order valence-corrected chi connectivity index (χ2v) is 6.88. The van der Waals surface area contributed by atoms with E-state index in [0.29, 0.717) is 28.0 Å². The first-order valence-electron chi connectivity index (χ1n) is 9.01. The number of halogens is 1. The number of pyridine rings is 2. The van der Waals surface area contributed by atoms with E-state index in [1.807, 2.05) is 13.8 Å². The number of amides is 1. The predicted molar refractivity (Wildman–Crippen MR) is 109 cm³/mol. The minimum Gasteiger partial charge on any atom is -0.368 e. The summed E-state index contributed by atoms with van der Waals surface area (Å²) in [5.74, 6) is -0.809. The molecule has 0 unspecified atom stereocenters. The normalized spacial score (nSPS) is 11.0. The van der Waals surface area contributed by atoms with Gasteiger partial charge < -0.3 is 11.1 Å². The highest BCUT2D eigenvalue weighted by atomic mass is 19.1. The molecule has 4 rings (SSSR count). The van der Waals surface area contributed by atoms with Crippen LogP contribution in [0.25, 0.3) is 22.3 Å². The molecule has 0 spiro atoms. The van der Waals surface area contributed by atoms with E-state index < -0.39 is 5.91 Å². The molecule has 0 saturated heterocycles. The maximum atomic E-state index is 14.3. The number of benzene rings is 1. The summed E-state index contributed by atoms with van der Waals surface area (Å²) in [7, 11) is 0. The van der Waals surface area contributed by atoms with E-state index in [0.717, 1.165) is 16.8 Å². The summed E-state index contributed by atoms with van der Waals surface area (Å²) >= 11 is 0. The number of primary amides is 1. The number of aromatic nitrogens is 4. The van der Waals surface area contributed by atoms with Gasteiger partial charge in [0, 0.05) is 23.6 Å². The van der Waals surface area contributed by atoms with Crippen LogP contribution in [0.15, 0.2) is 48.9 Å². The second-order valence-electron chi connectivity index (χ2n) is 6.88. The molecule has 0 aliphatic heterocycles. The van der Waals surface area contributed by atoms with Gasteiger partial charge in [-0.05, 0) is 43.7 Å². The number of nitrogens with zero attached hydrogens (tertiary/aromatic N) is 4. The van der Waals surface area contributed by atoms with Gasteiger partial charge in [0.05, 0.1) is 17.6 Å². The number of carbonyl (C=O) groups is 1. The van der Waals surface area contributed by atoms with E-state index in [2.05, 4.69) is 20.4 Å². The summed E-state index contributed by atoms with van der Waals surface area (Å²) < 4.78 is 15.8. The van der Waals surface area contributed by atoms with Crippen LogP contribution in [0.1, 0.15) is 11.1 Å². The van der Waals surface area contributed by atoms with Crippen molar-refractivity contribution in [2.24, 2.45) is 5.73 Å². The van der Waals surface area contributed by atoms with Gasteiger partial charge in [-0.25, -0.2) is 4.39 Å². The molecule has 8 heteroatoms. The quantitative estimate of drug-likeness (QED) is 0.544. The largest absolute Gasteiger partial charge is 0.368 e. The molecule has 3 N–H and O–H groups in total. The summed E-state index contributed by atoms with van der Waals surface area (Å²) in [4.78, 5) is 19.8. The zero-order valence-electron chi connectivity index (χ0n) is 16.0. The fourth-order valence-corrected chi connectivity index (χ4v) is 3.10. The summed E-state index contributed by atoms with van der Waals surface area (Å²) in [6, 6.07) is 8.53. The molecule has 0 saturated carbocycles. The Hall–Kier alpha value is -3.81. The molecule has 0 fully saturated rings. The highest BCUT2D eigenvalue weighted by molar-refractivity contribution is 5.90. The summed E-state index contributed by atoms with van der Waals surface area (Å²) in [5.41, 5.74) is 10.8. The molecular formula is C21H19FN6O. The maximum Gasteiger partial charge on any atom is 0.239 e. The van der Waals surface area contributed by atoms with Crippen molar-refractivity contribution in [3.8, 4) is 11.3 Å². The summed E-state index contributed by atoms with van der Waals surface area (Å²) in [5, 5.41) is 7.73. The molecule has 0 aliphatic rings. The third kappa shape index (κ3) is 3.77. The van der Waals surface area contributed by atoms with E-state index in [4.69, 9.17) is 5.73 Å². The Kier molecular flexibility index (Phi) is 4.67. The Labute approximate surface area is 166 Å². The Balaban J connectivity index is 1.74. The lowest BCUT2D eigenvalue weighted by Crippen LogP contribution is -2.18. The fraction of sp³-hybridized carbons (Fsp3) is 0.143. The molecule has 4 aromatic rings. The van der Waals surface area contributed by atoms with Crippen molar-refractivity contribution < 1.29 is 9.18 Å². The lowest BCUT2D eigenvalue weighted by Gasteiger charge is -2.12. The van der Waals surface area contributed by atoms with E-state index >= 15 is 0 Å². The smallest absolute Gasteiger partial charge is 0.239 e. The molecule has 7 nitrogen and oxygen atoms in total. The number of fused-ring (bicyclic) bond motifs is 1. The lowest BCUT2D eigenvalue weighted by atomic mass is 10.1. The van der Waals surface area contributed by atoms with Crippen LogP contribution >= 0.6 is 0 Å². The van der Waals surface area contributed by atoms with Crippen LogP contribution in [0.3, 0.4) is 0 Å². The van der Waals surface area contributed by atoms with Crippen molar-refractivity contribution in [3.63, 3.8) is 0 Å². The first kappa shape index (κ1) is 18.5. The van der Waals surface area contributed by atoms with E-state index in [1.165, 1.54) is 10.7 Å². The summed E-state index contributed by atoms with van der Waals surface area (Å²) in [6.45, 7) is 3.79. The van der Waals surface area contributed by atoms with Gasteiger partial charge in [-0.1, -0.05) is 11.6 Å². The molecule has 1 amide bonds. The molecule has 29 heavy (non-hydrogen) atoms. The van der Waals surface area contributed by atoms with Gasteiger partial charge in [-0.2, -0.15) is 5.10 Å². The lowest BCUT2D eigenvalue weighted by molar-refractivity contribution is -0.118. The van der Waals surface area contributed by atoms with Crippen LogP contribution in [0, 0.1) is 19.7 Å². The van der Waals surface area contributed by atoms with Crippen LogP contribution in [-0.4, -0.2) is 25.7 Å². The minimum atomic E-state index is -0.484. The monoisotopic (exact) mass is 390 g/mol. The van der Waals surface area contributed by atoms with Crippen LogP contribution in [0.2, 0.25) is 0 Å². The molecule has 0 aliphatic carbocycles. The Morgan fingerprint density at radius 1 is 1.17 bits per heavy atom. The topological polar surface area (TPSA) is 98.7 Å². The van der Waals surface area contributed by atoms with Crippen molar-refractivity contribution in [2.45, 2.75) is 20.4 Å². The van der Waals surface area contributed by atoms with Gasteiger partial charge in [0.15, 0.2) is 0 Å². The van der Waals surface area contributed by atoms with Gasteiger partial charge in [0.1, 0.15) is 23.4 Å². The number of carbonyl (C=O) groups excluding carboxylic acids is 1. The average molecular weight is 390 g/mol. The van der Waals surface area contributed by atoms with Crippen LogP contribution in [0.5, 0.6) is 0 Å². The molecule has 0 atom stereocenters. The maximum absolute atomic E-state index is 14.3. The molecule has 3 heterocycles. The molecule has 3 aromatic heterocycles. The molecule has 146 valence electrons. The van der Waals surface area contributed by atoms with Crippen molar-refractivity contribution >= 4 is 28.3 Å². The zero-order valence-corrected chi connectivity index (χ0v) is 16.0. The highest BCUT2D eigenvalue weighted by Gasteiger charge is 2.12. The average Bonchev–Trinajstić information content (AvgIpc) is 3.08. The van der Waals surface area contributed by atoms with Gasteiger partial charge >= 0.3 is 0 Å². The number of nitrogens with two attached hydrogens (primary N) is 1. The number of nitrogens with one attached hydrogen (secondary N) is 1. The molecule has 1 aromatic carbocycles. The van der Waals surface area contributed by atoms with Crippen molar-refractivity contribution in [1.82, 2.24) is 19.7 Å². The Bertz CT molecular complexity index is 1230. The number of anilines is 2. The van der Waals surface area contributed by atoms with Crippen molar-refractivity contribution in [3.05, 3.63) is 65.9 Å². The number of rotatable bonds is 5. The van der Waals surface area contributed by atoms with E-state index in [1.54, 1.807) is 42.9 Å². The number of hydrogen-bond acceptors (Lipinski definition) is 5. The summed E-state index contributed by atoms with van der Waals surface area (Å²) in [6.07, 6.45) is 5.01. The van der Waals surface area contributed by atoms with Gasteiger partial charge in [-0.15, -0.1) is 0 Å². The van der Waals surface area contributed by atoms with Crippen molar-refractivity contribution in [1.29, 1.82) is 0 Å². The van der Waals surface area contributed by atoms with Crippen LogP contribution in [-0.2, 0) is 11.3 Å². The molecular weight excluding hydrogens is 371 g/mol. The van der Waals surface area contributed by atoms with E-state index in [9.17, 15) is 9.18 Å². The first-order chi connectivity index (χ1) is 13.9. The highest BCUT2D eigenvalue weighted by Crippen LogP contribution is 2.30. The SMILES string of the molecule is Cc1ccc(F)c(-c2cc(Nc3ccnc4cn(CC(N)=O)nc34)c(C)cn2)c1. The van der Waals surface area contributed by atoms with Crippen LogP contribution in [0.4, 0.5) is 15.8 Å². The standard InChI is InChI=1S/C21H19FN6O/c1-12-3-4-15(22)14(7-12)18-8-17(13(2)9-25-18)26-16-5-6-24-19-10-28(11-20(23)29)27-21(16)19/h3-10H,11H2,1-2H3,(H2,23,29)(H,25,26). The van der Waals surface area contributed by atoms with E-state index in [-0.39, 0.29) is 12.4 Å². The van der Waals surface area contributed by atoms with Gasteiger partial charge in [0.25, 0.3) is 0 Å². The first-order valence-corrected chi connectivity index (χ1v) is 9.01. The van der Waals surface area contributed by atoms with Crippen LogP contribution < -0.4 is 11.1 Å². The number of aryl methyl sites for hydroxylation is 2. The minimum absolute atomic E-state index is 0.0269. The third-order valence-electron chi connectivity index (χ3n) is 4.54. The Morgan fingerprint density at radius 3 is 2.79 bits per heavy atom. The predicted octanol–water partition coefficient (Wildman–Crippen LogP) is 3.48. The zero-order chi connectivity index (χ0) is 20.5. The second kappa shape index (κ2) is 7.31. The van der Waals surface area contributed by atoms with Crippen molar-refractivity contribution in [2.75, 3.05) is 5.32 Å². The molecule has 0 radical (unpaired) electrons. The number of hydrogen-bond donors (Lipinski definition) is 2. The third-order valence-corrected chi connectivity index (χ3v) is 4.54. The Morgan fingerprint density at radius 2 is 2.00 bits per heavy atom.